The summed E-state index contributed by atoms with van der Waals surface area (Å²) in [5, 5.41) is 0. The summed E-state index contributed by atoms with van der Waals surface area (Å²) in [5.41, 5.74) is 0. The maximum Gasteiger partial charge on any atom is 0.323 e. The van der Waals surface area contributed by atoms with Crippen LogP contribution >= 0.6 is 0 Å². The third-order valence-corrected chi connectivity index (χ3v) is 3.18. The number of methoxy groups -OCH3 is 1. The van der Waals surface area contributed by atoms with Crippen LogP contribution in [0.4, 0.5) is 0 Å². The maximum absolute atomic E-state index is 12.0. The number of hydrogen-bond donors (Lipinski definition) is 0. The van der Waals surface area contributed by atoms with Crippen molar-refractivity contribution in [3.63, 3.8) is 0 Å². The van der Waals surface area contributed by atoms with Gasteiger partial charge in [0, 0.05) is 19.6 Å². The molecule has 4 nitrogen and oxygen atoms in total. The Morgan fingerprint density at radius 3 is 2.26 bits per heavy atom. The summed E-state index contributed by atoms with van der Waals surface area (Å²) < 4.78 is 4.98. The molecule has 0 bridgehead atoms. The van der Waals surface area contributed by atoms with Gasteiger partial charge in [-0.25, -0.2) is 0 Å². The lowest BCUT2D eigenvalue weighted by molar-refractivity contribution is -0.147. The van der Waals surface area contributed by atoms with Crippen molar-refractivity contribution in [2.24, 2.45) is 5.92 Å². The second kappa shape index (κ2) is 10.2. The molecule has 0 saturated heterocycles. The van der Waals surface area contributed by atoms with Crippen LogP contribution in [-0.4, -0.2) is 62.7 Å². The zero-order chi connectivity index (χ0) is 14.8. The van der Waals surface area contributed by atoms with Gasteiger partial charge in [-0.2, -0.15) is 0 Å². The minimum Gasteiger partial charge on any atom is -0.468 e. The molecule has 114 valence electrons. The van der Waals surface area contributed by atoms with E-state index < -0.39 is 0 Å². The van der Waals surface area contributed by atoms with Gasteiger partial charge < -0.3 is 9.64 Å². The Labute approximate surface area is 119 Å². The van der Waals surface area contributed by atoms with Crippen LogP contribution < -0.4 is 0 Å². The van der Waals surface area contributed by atoms with Crippen molar-refractivity contribution in [3.05, 3.63) is 0 Å². The van der Waals surface area contributed by atoms with Crippen LogP contribution in [-0.2, 0) is 9.53 Å². The van der Waals surface area contributed by atoms with Crippen molar-refractivity contribution in [1.82, 2.24) is 9.80 Å². The summed E-state index contributed by atoms with van der Waals surface area (Å²) in [6.45, 7) is 9.35. The van der Waals surface area contributed by atoms with Gasteiger partial charge in [0.05, 0.1) is 7.11 Å². The third-order valence-electron chi connectivity index (χ3n) is 3.18. The maximum atomic E-state index is 12.0. The topological polar surface area (TPSA) is 32.8 Å². The zero-order valence-electron chi connectivity index (χ0n) is 13.6. The molecule has 0 rings (SSSR count). The average Bonchev–Trinajstić information content (AvgIpc) is 2.34. The standard InChI is InChI=1S/C15H32N2O2/c1-7-8-9-14(15(18)19-6)17(12-13(2)3)11-10-16(4)5/h13-14H,7-12H2,1-6H3. The predicted octanol–water partition coefficient (Wildman–Crippen LogP) is 2.24. The highest BCUT2D eigenvalue weighted by Crippen LogP contribution is 2.13. The first-order valence-electron chi connectivity index (χ1n) is 7.38. The largest absolute Gasteiger partial charge is 0.468 e. The first kappa shape index (κ1) is 18.4. The van der Waals surface area contributed by atoms with Gasteiger partial charge in [0.2, 0.25) is 0 Å². The van der Waals surface area contributed by atoms with E-state index in [9.17, 15) is 4.79 Å². The fourth-order valence-corrected chi connectivity index (χ4v) is 2.15. The fraction of sp³-hybridized carbons (Fsp3) is 0.933. The molecule has 1 atom stereocenters. The molecule has 0 radical (unpaired) electrons. The van der Waals surface area contributed by atoms with Crippen LogP contribution in [0.15, 0.2) is 0 Å². The first-order valence-corrected chi connectivity index (χ1v) is 7.38. The lowest BCUT2D eigenvalue weighted by Gasteiger charge is -2.32. The van der Waals surface area contributed by atoms with Gasteiger partial charge in [0.25, 0.3) is 0 Å². The number of ether oxygens (including phenoxy) is 1. The van der Waals surface area contributed by atoms with E-state index in [1.54, 1.807) is 0 Å². The highest BCUT2D eigenvalue weighted by molar-refractivity contribution is 5.75. The second-order valence-corrected chi connectivity index (χ2v) is 5.87. The summed E-state index contributed by atoms with van der Waals surface area (Å²) in [5.74, 6) is 0.462. The summed E-state index contributed by atoms with van der Waals surface area (Å²) in [6, 6.07) is -0.0905. The molecule has 0 aromatic rings. The molecule has 19 heavy (non-hydrogen) atoms. The molecule has 0 aliphatic carbocycles. The number of nitrogens with zero attached hydrogens (tertiary/aromatic N) is 2. The lowest BCUT2D eigenvalue weighted by atomic mass is 10.1. The van der Waals surface area contributed by atoms with Crippen LogP contribution in [0.5, 0.6) is 0 Å². The molecule has 0 aromatic heterocycles. The number of carbonyl (C=O) groups is 1. The molecule has 0 heterocycles. The van der Waals surface area contributed by atoms with Crippen LogP contribution in [0, 0.1) is 5.92 Å². The molecule has 0 saturated carbocycles. The van der Waals surface area contributed by atoms with Gasteiger partial charge in [-0.3, -0.25) is 9.69 Å². The van der Waals surface area contributed by atoms with E-state index in [2.05, 4.69) is 44.7 Å². The zero-order valence-corrected chi connectivity index (χ0v) is 13.6. The van der Waals surface area contributed by atoms with Gasteiger partial charge in [-0.15, -0.1) is 0 Å². The summed E-state index contributed by atoms with van der Waals surface area (Å²) in [7, 11) is 5.61. The molecule has 0 aromatic carbocycles. The molecule has 0 aliphatic heterocycles. The Balaban J connectivity index is 4.72. The van der Waals surface area contributed by atoms with Crippen LogP contribution in [0.2, 0.25) is 0 Å². The van der Waals surface area contributed by atoms with E-state index in [1.807, 2.05) is 0 Å². The molecule has 0 spiro atoms. The fourth-order valence-electron chi connectivity index (χ4n) is 2.15. The van der Waals surface area contributed by atoms with E-state index in [0.717, 1.165) is 38.9 Å². The number of carbonyl (C=O) groups excluding carboxylic acids is 1. The van der Waals surface area contributed by atoms with E-state index in [4.69, 9.17) is 4.74 Å². The van der Waals surface area contributed by atoms with E-state index in [0.29, 0.717) is 5.92 Å². The number of esters is 1. The number of unbranched alkanes of at least 4 members (excludes halogenated alkanes) is 1. The van der Waals surface area contributed by atoms with Gasteiger partial charge >= 0.3 is 5.97 Å². The Kier molecular flexibility index (Phi) is 9.88. The predicted molar refractivity (Wildman–Crippen MR) is 80.3 cm³/mol. The molecule has 0 aliphatic rings. The normalized spacial score (nSPS) is 13.3. The highest BCUT2D eigenvalue weighted by Gasteiger charge is 2.26. The molecular formula is C15H32N2O2. The van der Waals surface area contributed by atoms with E-state index >= 15 is 0 Å². The SMILES string of the molecule is CCCCC(C(=O)OC)N(CCN(C)C)CC(C)C. The van der Waals surface area contributed by atoms with Gasteiger partial charge in [-0.05, 0) is 26.4 Å². The lowest BCUT2D eigenvalue weighted by Crippen LogP contribution is -2.46. The number of rotatable bonds is 10. The molecule has 0 amide bonds. The third kappa shape index (κ3) is 8.22. The Hall–Kier alpha value is -0.610. The Morgan fingerprint density at radius 1 is 1.21 bits per heavy atom. The minimum atomic E-state index is -0.0905. The summed E-state index contributed by atoms with van der Waals surface area (Å²) in [4.78, 5) is 16.4. The first-order chi connectivity index (χ1) is 8.92. The molecule has 0 N–H and O–H groups in total. The summed E-state index contributed by atoms with van der Waals surface area (Å²) >= 11 is 0. The minimum absolute atomic E-state index is 0.0899. The van der Waals surface area contributed by atoms with Crippen LogP contribution in [0.25, 0.3) is 0 Å². The van der Waals surface area contributed by atoms with Gasteiger partial charge in [0.15, 0.2) is 0 Å². The molecular weight excluding hydrogens is 240 g/mol. The molecule has 1 unspecified atom stereocenters. The molecule has 0 fully saturated rings. The smallest absolute Gasteiger partial charge is 0.323 e. The van der Waals surface area contributed by atoms with Crippen molar-refractivity contribution < 1.29 is 9.53 Å². The van der Waals surface area contributed by atoms with Crippen LogP contribution in [0.3, 0.4) is 0 Å². The monoisotopic (exact) mass is 272 g/mol. The average molecular weight is 272 g/mol. The van der Waals surface area contributed by atoms with Crippen molar-refractivity contribution in [1.29, 1.82) is 0 Å². The van der Waals surface area contributed by atoms with Crippen molar-refractivity contribution in [3.8, 4) is 0 Å². The number of likely N-dealkylation sites (N-methyl/N-ethyl adjacent to an activating group) is 1. The highest BCUT2D eigenvalue weighted by atomic mass is 16.5. The number of hydrogen-bond acceptors (Lipinski definition) is 4. The summed E-state index contributed by atoms with van der Waals surface area (Å²) in [6.07, 6.45) is 3.07. The van der Waals surface area contributed by atoms with Crippen molar-refractivity contribution >= 4 is 5.97 Å². The quantitative estimate of drug-likeness (QED) is 0.571. The van der Waals surface area contributed by atoms with Gasteiger partial charge in [-0.1, -0.05) is 33.6 Å². The Morgan fingerprint density at radius 2 is 1.84 bits per heavy atom. The second-order valence-electron chi connectivity index (χ2n) is 5.87. The van der Waals surface area contributed by atoms with Crippen molar-refractivity contribution in [2.45, 2.75) is 46.1 Å². The van der Waals surface area contributed by atoms with Crippen LogP contribution in [0.1, 0.15) is 40.0 Å². The van der Waals surface area contributed by atoms with E-state index in [1.165, 1.54) is 7.11 Å². The molecule has 4 heteroatoms. The van der Waals surface area contributed by atoms with Crippen molar-refractivity contribution in [2.75, 3.05) is 40.8 Å². The Bertz CT molecular complexity index is 242. The van der Waals surface area contributed by atoms with E-state index in [-0.39, 0.29) is 12.0 Å². The van der Waals surface area contributed by atoms with Gasteiger partial charge in [0.1, 0.15) is 6.04 Å².